The molecule has 0 amide bonds. The smallest absolute Gasteiger partial charge is 0.0945 e. The normalized spacial score (nSPS) is 14.4. The monoisotopic (exact) mass is 339 g/mol. The molecule has 1 aromatic heterocycles. The van der Waals surface area contributed by atoms with Gasteiger partial charge in [-0.1, -0.05) is 39.8 Å². The van der Waals surface area contributed by atoms with Crippen LogP contribution in [0.4, 0.5) is 0 Å². The zero-order valence-corrected chi connectivity index (χ0v) is 13.7. The van der Waals surface area contributed by atoms with Crippen LogP contribution in [0, 0.1) is 6.92 Å². The van der Waals surface area contributed by atoms with Crippen molar-refractivity contribution in [1.29, 1.82) is 0 Å². The first-order chi connectivity index (χ1) is 8.97. The number of nitrogens with zero attached hydrogens (tertiary/aromatic N) is 2. The van der Waals surface area contributed by atoms with Crippen molar-refractivity contribution < 1.29 is 0 Å². The van der Waals surface area contributed by atoms with Gasteiger partial charge in [-0.3, -0.25) is 4.68 Å². The number of halogens is 1. The fourth-order valence-corrected chi connectivity index (χ4v) is 3.60. The van der Waals surface area contributed by atoms with Gasteiger partial charge in [0.2, 0.25) is 0 Å². The molecule has 0 aliphatic heterocycles. The third kappa shape index (κ3) is 3.61. The molecular weight excluding hydrogens is 322 g/mol. The molecule has 0 radical (unpaired) electrons. The molecule has 2 aromatic rings. The highest BCUT2D eigenvalue weighted by molar-refractivity contribution is 9.10. The summed E-state index contributed by atoms with van der Waals surface area (Å²) in [4.78, 5) is 0. The van der Waals surface area contributed by atoms with Gasteiger partial charge in [-0.25, -0.2) is 0 Å². The van der Waals surface area contributed by atoms with Crippen molar-refractivity contribution in [3.8, 4) is 0 Å². The van der Waals surface area contributed by atoms with Crippen molar-refractivity contribution in [2.45, 2.75) is 30.2 Å². The fourth-order valence-electron chi connectivity index (χ4n) is 1.99. The van der Waals surface area contributed by atoms with E-state index < -0.39 is 0 Å². The maximum absolute atomic E-state index is 6.16. The quantitative estimate of drug-likeness (QED) is 0.864. The minimum Gasteiger partial charge on any atom is -0.327 e. The lowest BCUT2D eigenvalue weighted by Gasteiger charge is -2.21. The Morgan fingerprint density at radius 2 is 2.11 bits per heavy atom. The second-order valence-electron chi connectivity index (χ2n) is 4.70. The van der Waals surface area contributed by atoms with Gasteiger partial charge < -0.3 is 5.73 Å². The van der Waals surface area contributed by atoms with E-state index in [0.717, 1.165) is 15.2 Å². The number of rotatable bonds is 4. The van der Waals surface area contributed by atoms with E-state index in [0.29, 0.717) is 0 Å². The molecular formula is C14H18BrN3S. The molecule has 0 saturated heterocycles. The maximum Gasteiger partial charge on any atom is 0.0945 e. The predicted molar refractivity (Wildman–Crippen MR) is 84.3 cm³/mol. The molecule has 102 valence electrons. The third-order valence-corrected chi connectivity index (χ3v) is 4.93. The van der Waals surface area contributed by atoms with Gasteiger partial charge in [0.25, 0.3) is 0 Å². The molecule has 19 heavy (non-hydrogen) atoms. The van der Waals surface area contributed by atoms with E-state index in [1.165, 1.54) is 5.56 Å². The van der Waals surface area contributed by atoms with Gasteiger partial charge in [-0.2, -0.15) is 5.10 Å². The van der Waals surface area contributed by atoms with Gasteiger partial charge in [0.15, 0.2) is 0 Å². The third-order valence-electron chi connectivity index (χ3n) is 2.86. The van der Waals surface area contributed by atoms with E-state index in [-0.39, 0.29) is 11.3 Å². The largest absolute Gasteiger partial charge is 0.327 e. The molecule has 3 nitrogen and oxygen atoms in total. The van der Waals surface area contributed by atoms with E-state index in [9.17, 15) is 0 Å². The molecule has 0 aliphatic rings. The highest BCUT2D eigenvalue weighted by Gasteiger charge is 2.19. The summed E-state index contributed by atoms with van der Waals surface area (Å²) in [5, 5.41) is 5.73. The van der Waals surface area contributed by atoms with Gasteiger partial charge in [-0.05, 0) is 37.6 Å². The topological polar surface area (TPSA) is 43.8 Å². The molecule has 2 rings (SSSR count). The zero-order valence-electron chi connectivity index (χ0n) is 11.3. The van der Waals surface area contributed by atoms with Gasteiger partial charge in [0.05, 0.1) is 16.0 Å². The van der Waals surface area contributed by atoms with Gasteiger partial charge in [0.1, 0.15) is 0 Å². The van der Waals surface area contributed by atoms with Crippen LogP contribution < -0.4 is 5.73 Å². The molecule has 0 spiro atoms. The summed E-state index contributed by atoms with van der Waals surface area (Å²) < 4.78 is 2.99. The molecule has 1 aromatic carbocycles. The van der Waals surface area contributed by atoms with Gasteiger partial charge >= 0.3 is 0 Å². The van der Waals surface area contributed by atoms with Crippen LogP contribution in [0.3, 0.4) is 0 Å². The van der Waals surface area contributed by atoms with Crippen LogP contribution in [0.5, 0.6) is 0 Å². The molecule has 2 N–H and O–H groups in total. The van der Waals surface area contributed by atoms with Crippen LogP contribution in [0.25, 0.3) is 0 Å². The van der Waals surface area contributed by atoms with Gasteiger partial charge in [0, 0.05) is 17.6 Å². The molecule has 0 saturated carbocycles. The SMILES string of the molecule is Cc1cc(SC(c2cccc(Br)c2)C(C)N)n(C)n1. The highest BCUT2D eigenvalue weighted by atomic mass is 79.9. The first-order valence-corrected chi connectivity index (χ1v) is 7.83. The average molecular weight is 340 g/mol. The Labute approximate surface area is 126 Å². The summed E-state index contributed by atoms with van der Waals surface area (Å²) in [6, 6.07) is 10.5. The van der Waals surface area contributed by atoms with Crippen molar-refractivity contribution in [1.82, 2.24) is 9.78 Å². The van der Waals surface area contributed by atoms with Crippen molar-refractivity contribution >= 4 is 27.7 Å². The van der Waals surface area contributed by atoms with Crippen LogP contribution in [-0.2, 0) is 7.05 Å². The molecule has 0 fully saturated rings. The van der Waals surface area contributed by atoms with E-state index in [4.69, 9.17) is 5.73 Å². The molecule has 5 heteroatoms. The summed E-state index contributed by atoms with van der Waals surface area (Å²) >= 11 is 5.28. The van der Waals surface area contributed by atoms with Crippen molar-refractivity contribution in [3.05, 3.63) is 46.1 Å². The van der Waals surface area contributed by atoms with E-state index in [2.05, 4.69) is 39.2 Å². The Balaban J connectivity index is 2.29. The van der Waals surface area contributed by atoms with Crippen molar-refractivity contribution in [3.63, 3.8) is 0 Å². The van der Waals surface area contributed by atoms with Crippen LogP contribution >= 0.6 is 27.7 Å². The fraction of sp³-hybridized carbons (Fsp3) is 0.357. The lowest BCUT2D eigenvalue weighted by Crippen LogP contribution is -2.22. The Morgan fingerprint density at radius 1 is 1.37 bits per heavy atom. The second kappa shape index (κ2) is 6.11. The number of hydrogen-bond donors (Lipinski definition) is 1. The molecule has 2 unspecified atom stereocenters. The first-order valence-electron chi connectivity index (χ1n) is 6.15. The first kappa shape index (κ1) is 14.6. The number of nitrogens with two attached hydrogens (primary N) is 1. The predicted octanol–water partition coefficient (Wildman–Crippen LogP) is 3.67. The van der Waals surface area contributed by atoms with Crippen LogP contribution in [0.2, 0.25) is 0 Å². The lowest BCUT2D eigenvalue weighted by molar-refractivity contribution is 0.680. The minimum absolute atomic E-state index is 0.0644. The number of thioether (sulfide) groups is 1. The second-order valence-corrected chi connectivity index (χ2v) is 6.78. The number of hydrogen-bond acceptors (Lipinski definition) is 3. The standard InChI is InChI=1S/C14H18BrN3S/c1-9-7-13(18(3)17-9)19-14(10(2)16)11-5-4-6-12(15)8-11/h4-8,10,14H,16H2,1-3H3. The average Bonchev–Trinajstić information content (AvgIpc) is 2.64. The summed E-state index contributed by atoms with van der Waals surface area (Å²) in [7, 11) is 1.97. The van der Waals surface area contributed by atoms with Crippen LogP contribution in [0.1, 0.15) is 23.4 Å². The maximum atomic E-state index is 6.16. The summed E-state index contributed by atoms with van der Waals surface area (Å²) in [6.45, 7) is 4.05. The van der Waals surface area contributed by atoms with Crippen LogP contribution in [-0.4, -0.2) is 15.8 Å². The van der Waals surface area contributed by atoms with E-state index >= 15 is 0 Å². The molecule has 0 aliphatic carbocycles. The van der Waals surface area contributed by atoms with Crippen molar-refractivity contribution in [2.24, 2.45) is 12.8 Å². The Hall–Kier alpha value is -0.780. The summed E-state index contributed by atoms with van der Waals surface area (Å²) in [5.41, 5.74) is 8.42. The van der Waals surface area contributed by atoms with E-state index in [1.54, 1.807) is 11.8 Å². The van der Waals surface area contributed by atoms with Crippen molar-refractivity contribution in [2.75, 3.05) is 0 Å². The number of benzene rings is 1. The molecule has 0 bridgehead atoms. The minimum atomic E-state index is 0.0644. The Kier molecular flexibility index (Phi) is 4.71. The summed E-state index contributed by atoms with van der Waals surface area (Å²) in [5.74, 6) is 0. The van der Waals surface area contributed by atoms with Gasteiger partial charge in [-0.15, -0.1) is 0 Å². The highest BCUT2D eigenvalue weighted by Crippen LogP contribution is 2.37. The number of aromatic nitrogens is 2. The Morgan fingerprint density at radius 3 is 2.63 bits per heavy atom. The zero-order chi connectivity index (χ0) is 14.0. The molecule has 1 heterocycles. The van der Waals surface area contributed by atoms with Crippen LogP contribution in [0.15, 0.2) is 39.8 Å². The summed E-state index contributed by atoms with van der Waals surface area (Å²) in [6.07, 6.45) is 0. The lowest BCUT2D eigenvalue weighted by atomic mass is 10.1. The number of aryl methyl sites for hydroxylation is 2. The Bertz CT molecular complexity index is 566. The van der Waals surface area contributed by atoms with E-state index in [1.807, 2.05) is 37.7 Å². The molecule has 2 atom stereocenters.